The molecule has 0 spiro atoms. The Morgan fingerprint density at radius 2 is 2.00 bits per heavy atom. The molecule has 1 N–H and O–H groups in total. The number of halogens is 1. The van der Waals surface area contributed by atoms with Crippen LogP contribution in [0.15, 0.2) is 15.9 Å². The molecule has 2 aliphatic rings. The zero-order valence-corrected chi connectivity index (χ0v) is 13.1. The van der Waals surface area contributed by atoms with Gasteiger partial charge in [-0.1, -0.05) is 12.8 Å². The Kier molecular flexibility index (Phi) is 4.39. The highest BCUT2D eigenvalue weighted by Gasteiger charge is 2.33. The van der Waals surface area contributed by atoms with Crippen molar-refractivity contribution in [3.05, 3.63) is 20.8 Å². The van der Waals surface area contributed by atoms with Gasteiger partial charge >= 0.3 is 0 Å². The second kappa shape index (κ2) is 6.04. The van der Waals surface area contributed by atoms with Crippen LogP contribution in [-0.4, -0.2) is 31.1 Å². The van der Waals surface area contributed by atoms with Crippen molar-refractivity contribution in [2.45, 2.75) is 31.7 Å². The standard InChI is InChI=1S/C14H21BrN2S/c15-12-5-10-18-14(12)13(11-3-1-2-4-11)17-8-6-16-7-9-17/h5,10-11,13,16H,1-4,6-9H2/t13-/m1/s1. The lowest BCUT2D eigenvalue weighted by atomic mass is 9.94. The molecule has 1 aliphatic heterocycles. The minimum Gasteiger partial charge on any atom is -0.314 e. The van der Waals surface area contributed by atoms with Gasteiger partial charge in [0, 0.05) is 41.6 Å². The van der Waals surface area contributed by atoms with Crippen LogP contribution >= 0.6 is 27.3 Å². The van der Waals surface area contributed by atoms with Crippen molar-refractivity contribution in [1.82, 2.24) is 10.2 Å². The Morgan fingerprint density at radius 3 is 2.61 bits per heavy atom. The molecule has 4 heteroatoms. The molecule has 1 atom stereocenters. The highest BCUT2D eigenvalue weighted by molar-refractivity contribution is 9.10. The lowest BCUT2D eigenvalue weighted by molar-refractivity contribution is 0.127. The molecule has 3 rings (SSSR count). The summed E-state index contributed by atoms with van der Waals surface area (Å²) in [5.41, 5.74) is 0. The van der Waals surface area contributed by atoms with Gasteiger partial charge in [-0.15, -0.1) is 11.3 Å². The van der Waals surface area contributed by atoms with Gasteiger partial charge in [-0.05, 0) is 46.1 Å². The first-order valence-corrected chi connectivity index (χ1v) is 8.71. The Morgan fingerprint density at radius 1 is 1.28 bits per heavy atom. The normalized spacial score (nSPS) is 24.5. The van der Waals surface area contributed by atoms with Crippen LogP contribution in [0.5, 0.6) is 0 Å². The van der Waals surface area contributed by atoms with Crippen LogP contribution in [0.1, 0.15) is 36.6 Å². The second-order valence-corrected chi connectivity index (χ2v) is 7.21. The molecule has 1 saturated heterocycles. The zero-order chi connectivity index (χ0) is 12.4. The van der Waals surface area contributed by atoms with Gasteiger partial charge in [0.2, 0.25) is 0 Å². The number of hydrogen-bond acceptors (Lipinski definition) is 3. The molecule has 100 valence electrons. The van der Waals surface area contributed by atoms with Crippen molar-refractivity contribution in [2.24, 2.45) is 5.92 Å². The summed E-state index contributed by atoms with van der Waals surface area (Å²) in [5, 5.41) is 5.70. The first-order valence-electron chi connectivity index (χ1n) is 7.04. The smallest absolute Gasteiger partial charge is 0.0482 e. The van der Waals surface area contributed by atoms with Crippen molar-refractivity contribution >= 4 is 27.3 Å². The van der Waals surface area contributed by atoms with Crippen LogP contribution in [-0.2, 0) is 0 Å². The fourth-order valence-corrected chi connectivity index (χ4v) is 5.26. The van der Waals surface area contributed by atoms with Crippen molar-refractivity contribution in [2.75, 3.05) is 26.2 Å². The minimum absolute atomic E-state index is 0.656. The molecular formula is C14H21BrN2S. The van der Waals surface area contributed by atoms with E-state index in [-0.39, 0.29) is 0 Å². The maximum Gasteiger partial charge on any atom is 0.0482 e. The van der Waals surface area contributed by atoms with E-state index in [2.05, 4.69) is 37.6 Å². The number of piperazine rings is 1. The molecule has 1 saturated carbocycles. The average molecular weight is 329 g/mol. The van der Waals surface area contributed by atoms with Gasteiger partial charge in [0.25, 0.3) is 0 Å². The quantitative estimate of drug-likeness (QED) is 0.911. The van der Waals surface area contributed by atoms with Crippen LogP contribution in [0, 0.1) is 5.92 Å². The van der Waals surface area contributed by atoms with Crippen LogP contribution < -0.4 is 5.32 Å². The molecule has 18 heavy (non-hydrogen) atoms. The maximum absolute atomic E-state index is 3.75. The summed E-state index contributed by atoms with van der Waals surface area (Å²) in [7, 11) is 0. The van der Waals surface area contributed by atoms with Crippen molar-refractivity contribution in [3.63, 3.8) is 0 Å². The van der Waals surface area contributed by atoms with E-state index in [1.54, 1.807) is 4.88 Å². The van der Waals surface area contributed by atoms with Gasteiger partial charge in [-0.2, -0.15) is 0 Å². The molecule has 1 aromatic heterocycles. The average Bonchev–Trinajstić information content (AvgIpc) is 3.05. The minimum atomic E-state index is 0.656. The molecule has 0 unspecified atom stereocenters. The molecule has 1 aliphatic carbocycles. The van der Waals surface area contributed by atoms with Gasteiger partial charge in [-0.25, -0.2) is 0 Å². The van der Waals surface area contributed by atoms with Crippen LogP contribution in [0.25, 0.3) is 0 Å². The number of rotatable bonds is 3. The second-order valence-electron chi connectivity index (χ2n) is 5.41. The predicted molar refractivity (Wildman–Crippen MR) is 81.2 cm³/mol. The van der Waals surface area contributed by atoms with Gasteiger partial charge < -0.3 is 5.32 Å². The Labute approximate surface area is 122 Å². The van der Waals surface area contributed by atoms with Crippen LogP contribution in [0.3, 0.4) is 0 Å². The summed E-state index contributed by atoms with van der Waals surface area (Å²) in [5.74, 6) is 0.873. The first kappa shape index (κ1) is 13.1. The summed E-state index contributed by atoms with van der Waals surface area (Å²) in [6.45, 7) is 4.69. The molecule has 0 bridgehead atoms. The molecule has 0 aromatic carbocycles. The van der Waals surface area contributed by atoms with Gasteiger partial charge in [0.15, 0.2) is 0 Å². The fraction of sp³-hybridized carbons (Fsp3) is 0.714. The van der Waals surface area contributed by atoms with Crippen molar-refractivity contribution in [3.8, 4) is 0 Å². The van der Waals surface area contributed by atoms with E-state index in [0.717, 1.165) is 19.0 Å². The fourth-order valence-electron chi connectivity index (χ4n) is 3.43. The third-order valence-electron chi connectivity index (χ3n) is 4.30. The van der Waals surface area contributed by atoms with E-state index in [0.29, 0.717) is 6.04 Å². The highest BCUT2D eigenvalue weighted by atomic mass is 79.9. The number of thiophene rings is 1. The zero-order valence-electron chi connectivity index (χ0n) is 10.7. The SMILES string of the molecule is Brc1ccsc1[C@@H](C1CCCC1)N1CCNCC1. The van der Waals surface area contributed by atoms with Gasteiger partial charge in [0.05, 0.1) is 0 Å². The predicted octanol–water partition coefficient (Wildman–Crippen LogP) is 3.65. The van der Waals surface area contributed by atoms with E-state index < -0.39 is 0 Å². The van der Waals surface area contributed by atoms with E-state index in [4.69, 9.17) is 0 Å². The molecule has 2 heterocycles. The number of nitrogens with zero attached hydrogens (tertiary/aromatic N) is 1. The molecule has 2 nitrogen and oxygen atoms in total. The third kappa shape index (κ3) is 2.67. The van der Waals surface area contributed by atoms with Gasteiger partial charge in [0.1, 0.15) is 0 Å². The summed E-state index contributed by atoms with van der Waals surface area (Å²) in [6, 6.07) is 2.87. The van der Waals surface area contributed by atoms with Gasteiger partial charge in [-0.3, -0.25) is 4.90 Å². The molecule has 0 amide bonds. The maximum atomic E-state index is 3.75. The van der Waals surface area contributed by atoms with E-state index in [1.165, 1.54) is 43.2 Å². The summed E-state index contributed by atoms with van der Waals surface area (Å²) < 4.78 is 1.32. The lowest BCUT2D eigenvalue weighted by Gasteiger charge is -2.38. The molecule has 1 aromatic rings. The molecule has 0 radical (unpaired) electrons. The first-order chi connectivity index (χ1) is 8.86. The Bertz CT molecular complexity index is 381. The largest absolute Gasteiger partial charge is 0.314 e. The highest BCUT2D eigenvalue weighted by Crippen LogP contribution is 2.43. The number of nitrogens with one attached hydrogen (secondary N) is 1. The Hall–Kier alpha value is 0.1000. The molecular weight excluding hydrogens is 308 g/mol. The summed E-state index contributed by atoms with van der Waals surface area (Å²) in [6.07, 6.45) is 5.68. The van der Waals surface area contributed by atoms with Crippen molar-refractivity contribution in [1.29, 1.82) is 0 Å². The summed E-state index contributed by atoms with van der Waals surface area (Å²) >= 11 is 5.68. The van der Waals surface area contributed by atoms with Crippen LogP contribution in [0.4, 0.5) is 0 Å². The third-order valence-corrected chi connectivity index (χ3v) is 6.25. The lowest BCUT2D eigenvalue weighted by Crippen LogP contribution is -2.46. The van der Waals surface area contributed by atoms with Crippen LogP contribution in [0.2, 0.25) is 0 Å². The summed E-state index contributed by atoms with van der Waals surface area (Å²) in [4.78, 5) is 4.27. The monoisotopic (exact) mass is 328 g/mol. The van der Waals surface area contributed by atoms with E-state index >= 15 is 0 Å². The van der Waals surface area contributed by atoms with E-state index in [1.807, 2.05) is 11.3 Å². The Balaban J connectivity index is 1.85. The topological polar surface area (TPSA) is 15.3 Å². The van der Waals surface area contributed by atoms with Crippen molar-refractivity contribution < 1.29 is 0 Å². The van der Waals surface area contributed by atoms with E-state index in [9.17, 15) is 0 Å². The number of hydrogen-bond donors (Lipinski definition) is 1. The molecule has 2 fully saturated rings.